The van der Waals surface area contributed by atoms with Gasteiger partial charge in [-0.15, -0.1) is 13.2 Å². The van der Waals surface area contributed by atoms with Crippen LogP contribution in [0.25, 0.3) is 0 Å². The van der Waals surface area contributed by atoms with Crippen LogP contribution in [0, 0.1) is 0 Å². The number of allylic oxidation sites excluding steroid dienone is 1. The summed E-state index contributed by atoms with van der Waals surface area (Å²) >= 11 is 0. The quantitative estimate of drug-likeness (QED) is 0.0185. The molecule has 0 heterocycles. The Morgan fingerprint density at radius 1 is 0.300 bits per heavy atom. The largest absolute Gasteiger partial charge is 0.463 e. The molecule has 470 valence electrons. The van der Waals surface area contributed by atoms with Gasteiger partial charge >= 0.3 is 29.8 Å². The molecule has 0 aliphatic rings. The van der Waals surface area contributed by atoms with Gasteiger partial charge in [0.25, 0.3) is 0 Å². The number of hydrogen-bond donors (Lipinski definition) is 0. The van der Waals surface area contributed by atoms with E-state index in [-0.39, 0.29) is 29.8 Å². The number of esters is 5. The number of rotatable bonds is 44. The molecule has 0 radical (unpaired) electrons. The van der Waals surface area contributed by atoms with Crippen molar-refractivity contribution in [2.75, 3.05) is 102 Å². The Labute approximate surface area is 489 Å². The number of carbonyl (C=O) groups is 5. The first kappa shape index (κ1) is 89.1. The Kier molecular flexibility index (Phi) is 87.5. The summed E-state index contributed by atoms with van der Waals surface area (Å²) in [5.74, 6) is -1.53. The molecule has 15 nitrogen and oxygen atoms in total. The van der Waals surface area contributed by atoms with E-state index in [0.717, 1.165) is 116 Å². The maximum Gasteiger partial charge on any atom is 0.333 e. The van der Waals surface area contributed by atoms with Crippen LogP contribution in [-0.2, 0) is 71.3 Å². The third kappa shape index (κ3) is 98.7. The summed E-state index contributed by atoms with van der Waals surface area (Å²) in [5, 5.41) is 0. The summed E-state index contributed by atoms with van der Waals surface area (Å²) in [6.45, 7) is 44.5. The molecule has 0 N–H and O–H groups in total. The van der Waals surface area contributed by atoms with Crippen molar-refractivity contribution in [2.24, 2.45) is 0 Å². The van der Waals surface area contributed by atoms with Crippen molar-refractivity contribution in [1.82, 2.24) is 0 Å². The van der Waals surface area contributed by atoms with Crippen molar-refractivity contribution >= 4 is 29.8 Å². The van der Waals surface area contributed by atoms with Crippen LogP contribution in [0.15, 0.2) is 86.1 Å². The fourth-order valence-electron chi connectivity index (χ4n) is 5.41. The van der Waals surface area contributed by atoms with Crippen molar-refractivity contribution in [1.29, 1.82) is 0 Å². The highest BCUT2D eigenvalue weighted by Crippen LogP contribution is 2.08. The van der Waals surface area contributed by atoms with Gasteiger partial charge in [0.2, 0.25) is 0 Å². The second-order valence-electron chi connectivity index (χ2n) is 18.9. The van der Waals surface area contributed by atoms with Crippen molar-refractivity contribution in [3.8, 4) is 0 Å². The molecule has 0 aliphatic carbocycles. The lowest BCUT2D eigenvalue weighted by Gasteiger charge is -2.04. The monoisotopic (exact) mass is 1140 g/mol. The van der Waals surface area contributed by atoms with E-state index >= 15 is 0 Å². The molecule has 0 aliphatic heterocycles. The number of unbranched alkanes of at least 4 members (excludes halogenated alkanes) is 16. The molecule has 80 heavy (non-hydrogen) atoms. The number of hydrogen-bond acceptors (Lipinski definition) is 15. The van der Waals surface area contributed by atoms with Crippen LogP contribution in [0.5, 0.6) is 0 Å². The lowest BCUT2D eigenvalue weighted by Crippen LogP contribution is -2.06. The van der Waals surface area contributed by atoms with Crippen molar-refractivity contribution in [2.45, 2.75) is 203 Å². The van der Waals surface area contributed by atoms with E-state index in [0.29, 0.717) is 56.4 Å². The molecule has 0 rings (SSSR count). The third-order valence-electron chi connectivity index (χ3n) is 10.2. The van der Waals surface area contributed by atoms with Gasteiger partial charge in [0, 0.05) is 97.5 Å². The molecule has 0 atom stereocenters. The fraction of sp³-hybridized carbons (Fsp3) is 0.708. The van der Waals surface area contributed by atoms with Gasteiger partial charge in [-0.05, 0) is 118 Å². The Balaban J connectivity index is -0.000000157. The van der Waals surface area contributed by atoms with Gasteiger partial charge in [-0.3, -0.25) is 0 Å². The van der Waals surface area contributed by atoms with Crippen molar-refractivity contribution in [3.63, 3.8) is 0 Å². The Morgan fingerprint density at radius 3 is 0.800 bits per heavy atom. The second kappa shape index (κ2) is 78.6. The van der Waals surface area contributed by atoms with Gasteiger partial charge in [-0.2, -0.15) is 0 Å². The Morgan fingerprint density at radius 2 is 0.537 bits per heavy atom. The molecule has 0 spiro atoms. The molecule has 0 saturated heterocycles. The molecule has 0 aromatic heterocycles. The highest BCUT2D eigenvalue weighted by molar-refractivity contribution is 5.87. The lowest BCUT2D eigenvalue weighted by atomic mass is 10.1. The van der Waals surface area contributed by atoms with E-state index in [1.165, 1.54) is 87.5 Å². The predicted molar refractivity (Wildman–Crippen MR) is 331 cm³/mol. The maximum absolute atomic E-state index is 11.0. The van der Waals surface area contributed by atoms with E-state index in [9.17, 15) is 24.0 Å². The van der Waals surface area contributed by atoms with Crippen LogP contribution in [0.3, 0.4) is 0 Å². The summed E-state index contributed by atoms with van der Waals surface area (Å²) in [5.41, 5.74) is 3.87. The Bertz CT molecular complexity index is 1500. The minimum absolute atomic E-state index is 0.278. The van der Waals surface area contributed by atoms with Crippen LogP contribution in [0.4, 0.5) is 0 Å². The minimum atomic E-state index is -0.330. The summed E-state index contributed by atoms with van der Waals surface area (Å²) in [6, 6.07) is 0. The normalized spacial score (nSPS) is 9.55. The average Bonchev–Trinajstić information content (AvgIpc) is 3.43. The SMILES string of the molecule is C=C(C)C(=O)OCCCCCCCCOC.C=C(C)C(=O)OCCCCCCOC.C=C(C)C(=O)OCCCCOC.C=C(C)CCCCCCOC.C=C(C)CCOC.C=CC(=O)OCCCC.C=CC(=O)OCCCCCC. The van der Waals surface area contributed by atoms with E-state index in [1.807, 2.05) is 13.8 Å². The summed E-state index contributed by atoms with van der Waals surface area (Å²) in [4.78, 5) is 53.6. The standard InChI is InChI=1S/C13H24O3.C11H20O3.C10H20O.C9H16O3.C9H16O2.C7H12O2.C6H12O/c1-12(2)13(14)16-11-9-7-5-4-6-8-10-15-3;1-10(2)11(12)14-9-7-5-4-6-8-13-3;1-10(2)8-6-4-5-7-9-11-3;1-8(2)9(10)12-7-5-4-6-11-3;1-3-5-6-7-8-11-9(10)4-2;1-3-5-6-9-7(8)4-2;1-6(2)4-5-7-3/h1,4-11H2,2-3H3;1,4-9H2,2-3H3;1,4-9H2,2-3H3;1,4-7H2,2-3H3;4H,2-3,5-8H2,1H3;4H,2-3,5-6H2,1H3;1,4-5H2,2-3H3. The predicted octanol–water partition coefficient (Wildman–Crippen LogP) is 15.5. The molecule has 0 aromatic rings. The first-order valence-electron chi connectivity index (χ1n) is 29.0. The van der Waals surface area contributed by atoms with E-state index in [4.69, 9.17) is 42.6 Å². The molecular formula is C65H120O15. The van der Waals surface area contributed by atoms with Gasteiger partial charge in [0.05, 0.1) is 33.0 Å². The maximum atomic E-state index is 11.0. The average molecular weight is 1140 g/mol. The van der Waals surface area contributed by atoms with Gasteiger partial charge in [0.15, 0.2) is 0 Å². The second-order valence-corrected chi connectivity index (χ2v) is 18.9. The zero-order valence-electron chi connectivity index (χ0n) is 53.3. The van der Waals surface area contributed by atoms with Crippen LogP contribution in [0.1, 0.15) is 203 Å². The summed E-state index contributed by atoms with van der Waals surface area (Å²) in [7, 11) is 8.54. The van der Waals surface area contributed by atoms with E-state index < -0.39 is 0 Å². The summed E-state index contributed by atoms with van der Waals surface area (Å²) in [6.07, 6.45) is 29.0. The Hall–Kier alpha value is -4.67. The lowest BCUT2D eigenvalue weighted by molar-refractivity contribution is -0.140. The van der Waals surface area contributed by atoms with Crippen molar-refractivity contribution < 1.29 is 71.3 Å². The van der Waals surface area contributed by atoms with Crippen LogP contribution >= 0.6 is 0 Å². The number of methoxy groups -OCH3 is 5. The van der Waals surface area contributed by atoms with Crippen LogP contribution in [-0.4, -0.2) is 131 Å². The smallest absolute Gasteiger partial charge is 0.333 e. The van der Waals surface area contributed by atoms with Crippen LogP contribution < -0.4 is 0 Å². The molecule has 0 aromatic carbocycles. The molecule has 0 fully saturated rings. The topological polar surface area (TPSA) is 178 Å². The van der Waals surface area contributed by atoms with Crippen LogP contribution in [0.2, 0.25) is 0 Å². The molecular weight excluding hydrogens is 1020 g/mol. The molecule has 0 unspecified atom stereocenters. The van der Waals surface area contributed by atoms with E-state index in [2.05, 4.69) is 64.6 Å². The third-order valence-corrected chi connectivity index (χ3v) is 10.2. The molecule has 0 bridgehead atoms. The zero-order valence-corrected chi connectivity index (χ0v) is 53.3. The van der Waals surface area contributed by atoms with Gasteiger partial charge in [-0.25, -0.2) is 24.0 Å². The molecule has 0 amide bonds. The van der Waals surface area contributed by atoms with E-state index in [1.54, 1.807) is 56.3 Å². The van der Waals surface area contributed by atoms with Crippen molar-refractivity contribution in [3.05, 3.63) is 86.1 Å². The van der Waals surface area contributed by atoms with Gasteiger partial charge in [-0.1, -0.05) is 129 Å². The first-order valence-corrected chi connectivity index (χ1v) is 29.0. The summed E-state index contributed by atoms with van der Waals surface area (Å²) < 4.78 is 48.7. The zero-order chi connectivity index (χ0) is 62.3. The molecule has 0 saturated carbocycles. The highest BCUT2D eigenvalue weighted by Gasteiger charge is 2.04. The molecule has 15 heteroatoms. The number of ether oxygens (including phenoxy) is 10. The van der Waals surface area contributed by atoms with Gasteiger partial charge in [0.1, 0.15) is 0 Å². The number of carbonyl (C=O) groups excluding carboxylic acids is 5. The highest BCUT2D eigenvalue weighted by atomic mass is 16.5. The minimum Gasteiger partial charge on any atom is -0.463 e. The fourth-order valence-corrected chi connectivity index (χ4v) is 5.41. The van der Waals surface area contributed by atoms with Gasteiger partial charge < -0.3 is 47.4 Å². The first-order chi connectivity index (χ1) is 38.2.